The number of hydrogen-bond donors (Lipinski definition) is 2. The van der Waals surface area contributed by atoms with Crippen LogP contribution in [0.15, 0.2) is 24.4 Å². The Kier molecular flexibility index (Phi) is 4.52. The number of carbonyl (C=O) groups excluding carboxylic acids is 1. The van der Waals surface area contributed by atoms with Gasteiger partial charge < -0.3 is 15.2 Å². The lowest BCUT2D eigenvalue weighted by Gasteiger charge is -2.29. The highest BCUT2D eigenvalue weighted by Gasteiger charge is 2.88. The number of carbonyl (C=O) groups is 1. The molecule has 13 heteroatoms. The maximum absolute atomic E-state index is 13.7. The van der Waals surface area contributed by atoms with Crippen molar-refractivity contribution in [2.24, 2.45) is 12.5 Å². The van der Waals surface area contributed by atoms with E-state index in [9.17, 15) is 36.2 Å². The molecule has 1 aromatic carbocycles. The first kappa shape index (κ1) is 22.5. The summed E-state index contributed by atoms with van der Waals surface area (Å²) >= 11 is 5.62. The van der Waals surface area contributed by atoms with Gasteiger partial charge in [-0.1, -0.05) is 11.6 Å². The number of anilines is 1. The fraction of sp³-hybridized carbons (Fsp3) is 0.500. The van der Waals surface area contributed by atoms with Crippen molar-refractivity contribution in [2.45, 2.75) is 48.9 Å². The molecule has 5 atom stereocenters. The molecule has 0 unspecified atom stereocenters. The second-order valence-electron chi connectivity index (χ2n) is 8.68. The number of benzene rings is 1. The number of aromatic nitrogens is 2. The van der Waals surface area contributed by atoms with Crippen LogP contribution in [0.5, 0.6) is 0 Å². The molecule has 2 bridgehead atoms. The van der Waals surface area contributed by atoms with Crippen molar-refractivity contribution in [2.75, 3.05) is 5.32 Å². The van der Waals surface area contributed by atoms with Gasteiger partial charge in [0.25, 0.3) is 0 Å². The van der Waals surface area contributed by atoms with E-state index in [1.807, 2.05) is 0 Å². The van der Waals surface area contributed by atoms with E-state index in [0.29, 0.717) is 6.07 Å². The van der Waals surface area contributed by atoms with E-state index >= 15 is 0 Å². The third-order valence-electron chi connectivity index (χ3n) is 6.89. The quantitative estimate of drug-likeness (QED) is 0.633. The zero-order valence-electron chi connectivity index (χ0n) is 16.8. The van der Waals surface area contributed by atoms with Gasteiger partial charge in [0, 0.05) is 36.3 Å². The second-order valence-corrected chi connectivity index (χ2v) is 9.08. The lowest BCUT2D eigenvalue weighted by molar-refractivity contribution is -0.143. The number of fused-ring (bicyclic) bond motifs is 5. The molecule has 1 aromatic heterocycles. The highest BCUT2D eigenvalue weighted by molar-refractivity contribution is 6.31. The van der Waals surface area contributed by atoms with Crippen molar-refractivity contribution in [3.8, 4) is 0 Å². The molecule has 2 aliphatic heterocycles. The summed E-state index contributed by atoms with van der Waals surface area (Å²) in [5.41, 5.74) is -5.82. The normalized spacial score (nSPS) is 32.7. The molecule has 6 nitrogen and oxygen atoms in total. The summed E-state index contributed by atoms with van der Waals surface area (Å²) in [5, 5.41) is 15.7. The Morgan fingerprint density at radius 3 is 2.61 bits per heavy atom. The van der Waals surface area contributed by atoms with E-state index in [-0.39, 0.29) is 24.1 Å². The Morgan fingerprint density at radius 1 is 1.27 bits per heavy atom. The molecule has 3 fully saturated rings. The molecule has 1 saturated carbocycles. The first-order valence-electron chi connectivity index (χ1n) is 9.85. The molecule has 3 aliphatic rings. The second kappa shape index (κ2) is 6.63. The first-order chi connectivity index (χ1) is 15.2. The number of rotatable bonds is 3. The summed E-state index contributed by atoms with van der Waals surface area (Å²) in [7, 11) is 1.30. The summed E-state index contributed by atoms with van der Waals surface area (Å²) in [6, 6.07) is 2.81. The number of nitrogens with one attached hydrogen (secondary N) is 1. The van der Waals surface area contributed by atoms with Crippen molar-refractivity contribution in [1.82, 2.24) is 9.78 Å². The number of hydrogen-bond acceptors (Lipinski definition) is 4. The number of aryl methyl sites for hydroxylation is 1. The molecule has 1 aliphatic carbocycles. The van der Waals surface area contributed by atoms with Crippen LogP contribution < -0.4 is 5.32 Å². The zero-order chi connectivity index (χ0) is 24.1. The van der Waals surface area contributed by atoms with E-state index in [2.05, 4.69) is 10.4 Å². The van der Waals surface area contributed by atoms with E-state index < -0.39 is 63.7 Å². The minimum Gasteiger partial charge on any atom is -0.390 e. The highest BCUT2D eigenvalue weighted by atomic mass is 35.5. The number of aliphatic hydroxyl groups is 1. The van der Waals surface area contributed by atoms with Crippen LogP contribution in [0.1, 0.15) is 29.7 Å². The Labute approximate surface area is 187 Å². The lowest BCUT2D eigenvalue weighted by Crippen LogP contribution is -2.45. The molecular formula is C20H16ClF6N3O3. The number of alkyl halides is 6. The molecule has 0 radical (unpaired) electrons. The average Bonchev–Trinajstić information content (AvgIpc) is 2.92. The zero-order valence-corrected chi connectivity index (χ0v) is 17.5. The standard InChI is InChI=1S/C20H16ClF6N3O3/c1-30-6-10(14(29-30)20(25,26)27)17-7-18(17,13-5-12(31)15(17)33-13)16(32)28-8-2-3-11(21)9(4-8)19(22,23)24/h2-4,6,12-13,15,31H,5,7H2,1H3,(H,28,32)/t12-,13+,15-,17+,18+/m0/s1. The van der Waals surface area contributed by atoms with Gasteiger partial charge in [-0.3, -0.25) is 9.48 Å². The molecule has 5 rings (SSSR count). The molecule has 33 heavy (non-hydrogen) atoms. The summed E-state index contributed by atoms with van der Waals surface area (Å²) < 4.78 is 87.4. The third kappa shape index (κ3) is 2.96. The predicted octanol–water partition coefficient (Wildman–Crippen LogP) is 3.91. The minimum atomic E-state index is -4.82. The van der Waals surface area contributed by atoms with Gasteiger partial charge >= 0.3 is 12.4 Å². The van der Waals surface area contributed by atoms with E-state index in [1.54, 1.807) is 0 Å². The largest absolute Gasteiger partial charge is 0.435 e. The SMILES string of the molecule is Cn1cc([C@@]23C[C@]2(C(=O)Nc2ccc(Cl)c(C(F)(F)F)c2)[C@H]2C[C@H](O)[C@@H]3O2)c(C(F)(F)F)n1. The molecule has 1 amide bonds. The fourth-order valence-electron chi connectivity index (χ4n) is 5.58. The number of aliphatic hydroxyl groups excluding tert-OH is 1. The van der Waals surface area contributed by atoms with Crippen LogP contribution in [-0.4, -0.2) is 39.1 Å². The molecule has 3 heterocycles. The number of amides is 1. The van der Waals surface area contributed by atoms with Gasteiger partial charge in [0.1, 0.15) is 0 Å². The minimum absolute atomic E-state index is 0.0237. The van der Waals surface area contributed by atoms with Gasteiger partial charge in [-0.05, 0) is 24.6 Å². The van der Waals surface area contributed by atoms with E-state index in [1.165, 1.54) is 13.1 Å². The van der Waals surface area contributed by atoms with E-state index in [0.717, 1.165) is 16.9 Å². The van der Waals surface area contributed by atoms with Crippen LogP contribution in [0.25, 0.3) is 0 Å². The average molecular weight is 496 g/mol. The van der Waals surface area contributed by atoms with Crippen molar-refractivity contribution < 1.29 is 41.0 Å². The summed E-state index contributed by atoms with van der Waals surface area (Å²) in [6.07, 6.45) is -11.5. The van der Waals surface area contributed by atoms with Crippen molar-refractivity contribution in [3.05, 3.63) is 46.2 Å². The van der Waals surface area contributed by atoms with Crippen molar-refractivity contribution in [1.29, 1.82) is 0 Å². The predicted molar refractivity (Wildman–Crippen MR) is 101 cm³/mol. The Bertz CT molecular complexity index is 1160. The molecule has 2 saturated heterocycles. The molecule has 2 N–H and O–H groups in total. The Balaban J connectivity index is 1.55. The summed E-state index contributed by atoms with van der Waals surface area (Å²) in [6.45, 7) is 0. The van der Waals surface area contributed by atoms with Gasteiger partial charge in [-0.25, -0.2) is 0 Å². The third-order valence-corrected chi connectivity index (χ3v) is 7.22. The molecule has 178 valence electrons. The van der Waals surface area contributed by atoms with Gasteiger partial charge in [0.05, 0.1) is 34.3 Å². The summed E-state index contributed by atoms with van der Waals surface area (Å²) in [4.78, 5) is 13.4. The smallest absolute Gasteiger partial charge is 0.390 e. The maximum atomic E-state index is 13.7. The van der Waals surface area contributed by atoms with Crippen LogP contribution in [0, 0.1) is 5.41 Å². The van der Waals surface area contributed by atoms with Gasteiger partial charge in [0.15, 0.2) is 5.69 Å². The van der Waals surface area contributed by atoms with Crippen LogP contribution in [0.2, 0.25) is 5.02 Å². The lowest BCUT2D eigenvalue weighted by atomic mass is 9.73. The molecule has 2 aromatic rings. The Hall–Kier alpha value is -2.31. The topological polar surface area (TPSA) is 76.4 Å². The monoisotopic (exact) mass is 495 g/mol. The van der Waals surface area contributed by atoms with Crippen LogP contribution in [-0.2, 0) is 34.3 Å². The fourth-order valence-corrected chi connectivity index (χ4v) is 5.81. The van der Waals surface area contributed by atoms with Gasteiger partial charge in [-0.2, -0.15) is 31.4 Å². The maximum Gasteiger partial charge on any atom is 0.435 e. The molecule has 0 spiro atoms. The van der Waals surface area contributed by atoms with Crippen LogP contribution in [0.3, 0.4) is 0 Å². The number of ether oxygens (including phenoxy) is 1. The first-order valence-corrected chi connectivity index (χ1v) is 10.2. The van der Waals surface area contributed by atoms with Crippen LogP contribution in [0.4, 0.5) is 32.0 Å². The molecular weight excluding hydrogens is 480 g/mol. The highest BCUT2D eigenvalue weighted by Crippen LogP contribution is 2.78. The number of nitrogens with zero attached hydrogens (tertiary/aromatic N) is 2. The van der Waals surface area contributed by atoms with E-state index in [4.69, 9.17) is 16.3 Å². The number of halogens is 7. The van der Waals surface area contributed by atoms with Gasteiger partial charge in [-0.15, -0.1) is 0 Å². The van der Waals surface area contributed by atoms with Crippen molar-refractivity contribution >= 4 is 23.2 Å². The van der Waals surface area contributed by atoms with Crippen molar-refractivity contribution in [3.63, 3.8) is 0 Å². The van der Waals surface area contributed by atoms with Crippen LogP contribution >= 0.6 is 11.6 Å². The summed E-state index contributed by atoms with van der Waals surface area (Å²) in [5.74, 6) is -0.783. The van der Waals surface area contributed by atoms with Gasteiger partial charge in [0.2, 0.25) is 5.91 Å². The Morgan fingerprint density at radius 2 is 1.97 bits per heavy atom.